The SMILES string of the molecule is O=C(N[C@H](Cc1ccc(O)cc1)C(=O)n1nnc2ccccc21)OCc1ccccc1. The first-order chi connectivity index (χ1) is 15.1. The Morgan fingerprint density at radius 2 is 1.65 bits per heavy atom. The van der Waals surface area contributed by atoms with Crippen LogP contribution in [-0.4, -0.2) is 38.1 Å². The van der Waals surface area contributed by atoms with Crippen LogP contribution in [0.4, 0.5) is 4.79 Å². The molecule has 31 heavy (non-hydrogen) atoms. The number of phenols is 1. The van der Waals surface area contributed by atoms with E-state index in [2.05, 4.69) is 15.6 Å². The van der Waals surface area contributed by atoms with Gasteiger partial charge in [-0.3, -0.25) is 4.79 Å². The fraction of sp³-hybridized carbons (Fsp3) is 0.130. The number of hydrogen-bond acceptors (Lipinski definition) is 6. The Morgan fingerprint density at radius 3 is 2.42 bits per heavy atom. The number of aromatic nitrogens is 3. The predicted molar refractivity (Wildman–Crippen MR) is 114 cm³/mol. The van der Waals surface area contributed by atoms with Crippen LogP contribution in [0.3, 0.4) is 0 Å². The molecule has 0 radical (unpaired) electrons. The Balaban J connectivity index is 1.54. The van der Waals surface area contributed by atoms with Gasteiger partial charge in [0.05, 0.1) is 5.52 Å². The molecule has 0 unspecified atom stereocenters. The third-order valence-electron chi connectivity index (χ3n) is 4.74. The van der Waals surface area contributed by atoms with Crippen molar-refractivity contribution in [3.05, 3.63) is 90.0 Å². The van der Waals surface area contributed by atoms with E-state index in [-0.39, 0.29) is 18.8 Å². The highest BCUT2D eigenvalue weighted by molar-refractivity contribution is 5.93. The average Bonchev–Trinajstić information content (AvgIpc) is 3.23. The van der Waals surface area contributed by atoms with Crippen LogP contribution in [0.5, 0.6) is 5.75 Å². The Labute approximate surface area is 178 Å². The molecule has 1 atom stereocenters. The average molecular weight is 416 g/mol. The molecule has 2 N–H and O–H groups in total. The fourth-order valence-corrected chi connectivity index (χ4v) is 3.15. The van der Waals surface area contributed by atoms with Crippen LogP contribution in [0.1, 0.15) is 15.9 Å². The molecule has 0 saturated carbocycles. The van der Waals surface area contributed by atoms with E-state index in [0.29, 0.717) is 11.0 Å². The van der Waals surface area contributed by atoms with Crippen molar-refractivity contribution >= 4 is 23.0 Å². The number of para-hydroxylation sites is 1. The van der Waals surface area contributed by atoms with Crippen molar-refractivity contribution < 1.29 is 19.4 Å². The van der Waals surface area contributed by atoms with E-state index in [0.717, 1.165) is 11.1 Å². The van der Waals surface area contributed by atoms with E-state index in [1.54, 1.807) is 36.4 Å². The fourth-order valence-electron chi connectivity index (χ4n) is 3.15. The molecule has 0 saturated heterocycles. The maximum absolute atomic E-state index is 13.2. The third kappa shape index (κ3) is 4.87. The van der Waals surface area contributed by atoms with Crippen LogP contribution in [0, 0.1) is 0 Å². The molecule has 8 heteroatoms. The summed E-state index contributed by atoms with van der Waals surface area (Å²) < 4.78 is 6.46. The monoisotopic (exact) mass is 416 g/mol. The number of nitrogens with one attached hydrogen (secondary N) is 1. The summed E-state index contributed by atoms with van der Waals surface area (Å²) in [7, 11) is 0. The summed E-state index contributed by atoms with van der Waals surface area (Å²) in [5.74, 6) is -0.331. The van der Waals surface area contributed by atoms with E-state index < -0.39 is 18.0 Å². The normalized spacial score (nSPS) is 11.7. The maximum atomic E-state index is 13.2. The molecule has 8 nitrogen and oxygen atoms in total. The third-order valence-corrected chi connectivity index (χ3v) is 4.74. The molecule has 1 heterocycles. The zero-order valence-corrected chi connectivity index (χ0v) is 16.5. The summed E-state index contributed by atoms with van der Waals surface area (Å²) >= 11 is 0. The molecular weight excluding hydrogens is 396 g/mol. The second-order valence-electron chi connectivity index (χ2n) is 6.96. The molecule has 156 valence electrons. The number of ether oxygens (including phenoxy) is 1. The maximum Gasteiger partial charge on any atom is 0.408 e. The van der Waals surface area contributed by atoms with Gasteiger partial charge in [-0.1, -0.05) is 59.8 Å². The second-order valence-corrected chi connectivity index (χ2v) is 6.96. The van der Waals surface area contributed by atoms with E-state index in [1.165, 1.54) is 16.8 Å². The Morgan fingerprint density at radius 1 is 0.935 bits per heavy atom. The zero-order chi connectivity index (χ0) is 21.6. The minimum atomic E-state index is -0.946. The summed E-state index contributed by atoms with van der Waals surface area (Å²) in [5.41, 5.74) is 2.71. The van der Waals surface area contributed by atoms with Crippen molar-refractivity contribution in [1.29, 1.82) is 0 Å². The number of carbonyl (C=O) groups excluding carboxylic acids is 2. The first kappa shape index (κ1) is 20.1. The number of amides is 1. The van der Waals surface area contributed by atoms with Crippen LogP contribution >= 0.6 is 0 Å². The molecule has 0 aliphatic rings. The van der Waals surface area contributed by atoms with Gasteiger partial charge in [-0.25, -0.2) is 4.79 Å². The standard InChI is InChI=1S/C23H20N4O4/c28-18-12-10-16(11-13-18)14-20(24-23(30)31-15-17-6-2-1-3-7-17)22(29)27-21-9-5-4-8-19(21)25-26-27/h1-13,20,28H,14-15H2,(H,24,30)/t20-/m1/s1. The van der Waals surface area contributed by atoms with Crippen LogP contribution < -0.4 is 5.32 Å². The van der Waals surface area contributed by atoms with Gasteiger partial charge < -0.3 is 15.2 Å². The van der Waals surface area contributed by atoms with Gasteiger partial charge in [-0.05, 0) is 35.4 Å². The van der Waals surface area contributed by atoms with Gasteiger partial charge in [-0.2, -0.15) is 4.68 Å². The number of alkyl carbamates (subject to hydrolysis) is 1. The molecule has 1 amide bonds. The number of phenolic OH excluding ortho intramolecular Hbond substituents is 1. The van der Waals surface area contributed by atoms with Crippen molar-refractivity contribution in [3.63, 3.8) is 0 Å². The van der Waals surface area contributed by atoms with E-state index in [9.17, 15) is 14.7 Å². The van der Waals surface area contributed by atoms with Crippen LogP contribution in [0.15, 0.2) is 78.9 Å². The lowest BCUT2D eigenvalue weighted by Crippen LogP contribution is -2.45. The Hall–Kier alpha value is -4.20. The van der Waals surface area contributed by atoms with Crippen molar-refractivity contribution in [1.82, 2.24) is 20.3 Å². The van der Waals surface area contributed by atoms with Crippen molar-refractivity contribution in [3.8, 4) is 5.75 Å². The molecular formula is C23H20N4O4. The van der Waals surface area contributed by atoms with Gasteiger partial charge in [0, 0.05) is 6.42 Å². The van der Waals surface area contributed by atoms with Crippen LogP contribution in [0.2, 0.25) is 0 Å². The number of hydrogen-bond donors (Lipinski definition) is 2. The lowest BCUT2D eigenvalue weighted by Gasteiger charge is -2.18. The highest BCUT2D eigenvalue weighted by Crippen LogP contribution is 2.15. The van der Waals surface area contributed by atoms with Crippen molar-refractivity contribution in [2.45, 2.75) is 19.1 Å². The van der Waals surface area contributed by atoms with Crippen molar-refractivity contribution in [2.24, 2.45) is 0 Å². The van der Waals surface area contributed by atoms with Gasteiger partial charge in [0.25, 0.3) is 5.91 Å². The summed E-state index contributed by atoms with van der Waals surface area (Å²) in [4.78, 5) is 25.7. The number of carbonyl (C=O) groups is 2. The van der Waals surface area contributed by atoms with E-state index >= 15 is 0 Å². The zero-order valence-electron chi connectivity index (χ0n) is 16.5. The summed E-state index contributed by atoms with van der Waals surface area (Å²) in [6.45, 7) is 0.0824. The predicted octanol–water partition coefficient (Wildman–Crippen LogP) is 3.31. The molecule has 0 aliphatic carbocycles. The molecule has 4 rings (SSSR count). The molecule has 0 aliphatic heterocycles. The molecule has 0 fully saturated rings. The van der Waals surface area contributed by atoms with Gasteiger partial charge in [0.2, 0.25) is 0 Å². The van der Waals surface area contributed by atoms with Crippen molar-refractivity contribution in [2.75, 3.05) is 0 Å². The topological polar surface area (TPSA) is 106 Å². The molecule has 4 aromatic rings. The number of benzene rings is 3. The van der Waals surface area contributed by atoms with E-state index in [4.69, 9.17) is 4.74 Å². The van der Waals surface area contributed by atoms with Crippen LogP contribution in [-0.2, 0) is 17.8 Å². The highest BCUT2D eigenvalue weighted by Gasteiger charge is 2.26. The first-order valence-electron chi connectivity index (χ1n) is 9.70. The van der Waals surface area contributed by atoms with Gasteiger partial charge in [0.1, 0.15) is 23.9 Å². The molecule has 0 spiro atoms. The molecule has 3 aromatic carbocycles. The number of fused-ring (bicyclic) bond motifs is 1. The summed E-state index contributed by atoms with van der Waals surface area (Å²) in [6, 6.07) is 21.8. The second kappa shape index (κ2) is 9.08. The van der Waals surface area contributed by atoms with Crippen LogP contribution in [0.25, 0.3) is 11.0 Å². The number of rotatable bonds is 6. The smallest absolute Gasteiger partial charge is 0.408 e. The lowest BCUT2D eigenvalue weighted by molar-refractivity contribution is 0.0824. The number of nitrogens with zero attached hydrogens (tertiary/aromatic N) is 3. The quantitative estimate of drug-likeness (QED) is 0.499. The lowest BCUT2D eigenvalue weighted by atomic mass is 10.1. The minimum absolute atomic E-state index is 0.0824. The summed E-state index contributed by atoms with van der Waals surface area (Å²) in [5, 5.41) is 20.1. The van der Waals surface area contributed by atoms with E-state index in [1.807, 2.05) is 30.3 Å². The Bertz CT molecular complexity index is 1190. The minimum Gasteiger partial charge on any atom is -0.508 e. The Kier molecular flexibility index (Phi) is 5.89. The summed E-state index contributed by atoms with van der Waals surface area (Å²) in [6.07, 6.45) is -0.529. The van der Waals surface area contributed by atoms with Gasteiger partial charge >= 0.3 is 6.09 Å². The first-order valence-corrected chi connectivity index (χ1v) is 9.70. The van der Waals surface area contributed by atoms with Gasteiger partial charge in [-0.15, -0.1) is 5.10 Å². The highest BCUT2D eigenvalue weighted by atomic mass is 16.5. The molecule has 0 bridgehead atoms. The van der Waals surface area contributed by atoms with Gasteiger partial charge in [0.15, 0.2) is 0 Å². The largest absolute Gasteiger partial charge is 0.508 e. The molecule has 1 aromatic heterocycles. The number of aromatic hydroxyl groups is 1.